The molecule has 1 unspecified atom stereocenters. The van der Waals surface area contributed by atoms with E-state index in [2.05, 4.69) is 4.74 Å². The summed E-state index contributed by atoms with van der Waals surface area (Å²) in [6.07, 6.45) is 1.66. The number of carboxylic acids is 1. The number of benzene rings is 1. The molecule has 0 radical (unpaired) electrons. The summed E-state index contributed by atoms with van der Waals surface area (Å²) in [6.45, 7) is 0. The molecule has 0 aliphatic heterocycles. The zero-order chi connectivity index (χ0) is 16.9. The number of halogens is 3. The molecule has 2 rings (SSSR count). The van der Waals surface area contributed by atoms with Crippen molar-refractivity contribution in [3.63, 3.8) is 0 Å². The molecule has 1 aliphatic carbocycles. The van der Waals surface area contributed by atoms with Crippen molar-refractivity contribution in [3.05, 3.63) is 48.1 Å². The summed E-state index contributed by atoms with van der Waals surface area (Å²) in [5.41, 5.74) is 0.932. The molecule has 0 saturated carbocycles. The predicted octanol–water partition coefficient (Wildman–Crippen LogP) is 4.08. The lowest BCUT2D eigenvalue weighted by Gasteiger charge is -2.18. The maximum absolute atomic E-state index is 12.1. The van der Waals surface area contributed by atoms with Crippen molar-refractivity contribution in [2.75, 3.05) is 0 Å². The van der Waals surface area contributed by atoms with Gasteiger partial charge in [-0.2, -0.15) is 0 Å². The molecule has 1 aromatic carbocycles. The molecule has 124 valence electrons. The van der Waals surface area contributed by atoms with E-state index in [1.165, 1.54) is 24.3 Å². The molecule has 0 bridgehead atoms. The van der Waals surface area contributed by atoms with Crippen LogP contribution in [0.5, 0.6) is 11.5 Å². The van der Waals surface area contributed by atoms with Gasteiger partial charge in [0.15, 0.2) is 0 Å². The zero-order valence-electron chi connectivity index (χ0n) is 12.0. The second-order valence-electron chi connectivity index (χ2n) is 4.94. The van der Waals surface area contributed by atoms with Gasteiger partial charge in [-0.15, -0.1) is 13.2 Å². The van der Waals surface area contributed by atoms with Crippen LogP contribution in [-0.4, -0.2) is 23.5 Å². The summed E-state index contributed by atoms with van der Waals surface area (Å²) < 4.78 is 45.6. The van der Waals surface area contributed by atoms with Gasteiger partial charge in [-0.1, -0.05) is 17.7 Å². The zero-order valence-corrected chi connectivity index (χ0v) is 12.0. The molecule has 7 heteroatoms. The van der Waals surface area contributed by atoms with Gasteiger partial charge in [-0.25, -0.2) is 0 Å². The molecule has 4 nitrogen and oxygen atoms in total. The lowest BCUT2D eigenvalue weighted by Crippen LogP contribution is -2.17. The first-order valence-electron chi connectivity index (χ1n) is 6.93. The summed E-state index contributed by atoms with van der Waals surface area (Å²) in [6, 6.07) is 5.17. The van der Waals surface area contributed by atoms with Crippen LogP contribution in [0.2, 0.25) is 0 Å². The largest absolute Gasteiger partial charge is 0.573 e. The van der Waals surface area contributed by atoms with Crippen LogP contribution in [0.25, 0.3) is 0 Å². The number of carbonyl (C=O) groups is 1. The third-order valence-corrected chi connectivity index (χ3v) is 3.11. The Balaban J connectivity index is 1.85. The standard InChI is InChI=1S/C16H15F3O4/c17-16(18,19)23-14-8-6-13(7-9-14)22-12-4-1-11(2-5-12)3-10-15(20)21/h1-2,4,6-9,12H,3,5,10H2,(H,20,21). The van der Waals surface area contributed by atoms with E-state index >= 15 is 0 Å². The molecular formula is C16H15F3O4. The maximum atomic E-state index is 12.1. The Morgan fingerprint density at radius 2 is 1.87 bits per heavy atom. The van der Waals surface area contributed by atoms with Crippen LogP contribution in [0.4, 0.5) is 13.2 Å². The van der Waals surface area contributed by atoms with Crippen LogP contribution < -0.4 is 9.47 Å². The maximum Gasteiger partial charge on any atom is 0.573 e. The summed E-state index contributed by atoms with van der Waals surface area (Å²) in [4.78, 5) is 10.5. The summed E-state index contributed by atoms with van der Waals surface area (Å²) in [5, 5.41) is 8.63. The van der Waals surface area contributed by atoms with Gasteiger partial charge in [-0.3, -0.25) is 4.79 Å². The lowest BCUT2D eigenvalue weighted by molar-refractivity contribution is -0.274. The molecule has 1 N–H and O–H groups in total. The fraction of sp³-hybridized carbons (Fsp3) is 0.312. The van der Waals surface area contributed by atoms with E-state index in [4.69, 9.17) is 9.84 Å². The quantitative estimate of drug-likeness (QED) is 0.855. The highest BCUT2D eigenvalue weighted by molar-refractivity contribution is 5.67. The third kappa shape index (κ3) is 6.06. The van der Waals surface area contributed by atoms with E-state index in [1.807, 2.05) is 6.08 Å². The van der Waals surface area contributed by atoms with Gasteiger partial charge in [0.25, 0.3) is 0 Å². The third-order valence-electron chi connectivity index (χ3n) is 3.11. The average molecular weight is 328 g/mol. The van der Waals surface area contributed by atoms with Gasteiger partial charge in [0.2, 0.25) is 0 Å². The molecule has 0 heterocycles. The smallest absolute Gasteiger partial charge is 0.486 e. The summed E-state index contributed by atoms with van der Waals surface area (Å²) in [5.74, 6) is -0.727. The van der Waals surface area contributed by atoms with Crippen molar-refractivity contribution in [1.82, 2.24) is 0 Å². The van der Waals surface area contributed by atoms with Gasteiger partial charge in [-0.05, 0) is 36.8 Å². The van der Waals surface area contributed by atoms with Gasteiger partial charge >= 0.3 is 12.3 Å². The fourth-order valence-corrected chi connectivity index (χ4v) is 2.06. The molecule has 23 heavy (non-hydrogen) atoms. The van der Waals surface area contributed by atoms with Gasteiger partial charge in [0.05, 0.1) is 0 Å². The molecule has 1 atom stereocenters. The Morgan fingerprint density at radius 1 is 1.22 bits per heavy atom. The summed E-state index contributed by atoms with van der Waals surface area (Å²) in [7, 11) is 0. The number of alkyl halides is 3. The Morgan fingerprint density at radius 3 is 2.39 bits per heavy atom. The molecular weight excluding hydrogens is 313 g/mol. The first-order valence-corrected chi connectivity index (χ1v) is 6.93. The Bertz CT molecular complexity index is 603. The van der Waals surface area contributed by atoms with E-state index in [9.17, 15) is 18.0 Å². The van der Waals surface area contributed by atoms with Crippen molar-refractivity contribution in [3.8, 4) is 11.5 Å². The SMILES string of the molecule is O=C(O)CCC1=CCC(Oc2ccc(OC(F)(F)F)cc2)C=C1. The van der Waals surface area contributed by atoms with E-state index < -0.39 is 12.3 Å². The van der Waals surface area contributed by atoms with Crippen LogP contribution in [-0.2, 0) is 4.79 Å². The molecule has 0 aromatic heterocycles. The summed E-state index contributed by atoms with van der Waals surface area (Å²) >= 11 is 0. The van der Waals surface area contributed by atoms with Crippen LogP contribution in [0, 0.1) is 0 Å². The number of carboxylic acid groups (broad SMARTS) is 1. The highest BCUT2D eigenvalue weighted by Crippen LogP contribution is 2.26. The molecule has 0 amide bonds. The van der Waals surface area contributed by atoms with E-state index in [0.29, 0.717) is 18.6 Å². The normalized spacial score (nSPS) is 17.5. The van der Waals surface area contributed by atoms with Crippen LogP contribution in [0.15, 0.2) is 48.1 Å². The number of hydrogen-bond donors (Lipinski definition) is 1. The van der Waals surface area contributed by atoms with Gasteiger partial charge in [0, 0.05) is 12.8 Å². The molecule has 1 aromatic rings. The van der Waals surface area contributed by atoms with Crippen LogP contribution in [0.1, 0.15) is 19.3 Å². The van der Waals surface area contributed by atoms with E-state index in [1.54, 1.807) is 12.2 Å². The molecule has 0 saturated heterocycles. The minimum atomic E-state index is -4.72. The number of allylic oxidation sites excluding steroid dienone is 2. The van der Waals surface area contributed by atoms with Crippen molar-refractivity contribution in [2.45, 2.75) is 31.7 Å². The lowest BCUT2D eigenvalue weighted by atomic mass is 10.0. The highest BCUT2D eigenvalue weighted by Gasteiger charge is 2.31. The topological polar surface area (TPSA) is 55.8 Å². The number of hydrogen-bond acceptors (Lipinski definition) is 3. The van der Waals surface area contributed by atoms with Crippen molar-refractivity contribution < 1.29 is 32.5 Å². The number of ether oxygens (including phenoxy) is 2. The second-order valence-corrected chi connectivity index (χ2v) is 4.94. The van der Waals surface area contributed by atoms with E-state index in [0.717, 1.165) is 5.57 Å². The Labute approximate surface area is 130 Å². The predicted molar refractivity (Wildman–Crippen MR) is 76.3 cm³/mol. The van der Waals surface area contributed by atoms with E-state index in [-0.39, 0.29) is 18.3 Å². The average Bonchev–Trinajstić information content (AvgIpc) is 2.47. The Hall–Kier alpha value is -2.44. The minimum absolute atomic E-state index is 0.0718. The van der Waals surface area contributed by atoms with Crippen LogP contribution >= 0.6 is 0 Å². The number of aliphatic carboxylic acids is 1. The van der Waals surface area contributed by atoms with Crippen molar-refractivity contribution in [2.24, 2.45) is 0 Å². The van der Waals surface area contributed by atoms with Gasteiger partial charge in [0.1, 0.15) is 17.6 Å². The van der Waals surface area contributed by atoms with Gasteiger partial charge < -0.3 is 14.6 Å². The monoisotopic (exact) mass is 328 g/mol. The molecule has 0 spiro atoms. The fourth-order valence-electron chi connectivity index (χ4n) is 2.06. The molecule has 1 aliphatic rings. The minimum Gasteiger partial charge on any atom is -0.486 e. The first-order chi connectivity index (χ1) is 10.8. The second kappa shape index (κ2) is 7.21. The first kappa shape index (κ1) is 16.9. The molecule has 0 fully saturated rings. The highest BCUT2D eigenvalue weighted by atomic mass is 19.4. The van der Waals surface area contributed by atoms with Crippen molar-refractivity contribution >= 4 is 5.97 Å². The Kier molecular flexibility index (Phi) is 5.31. The van der Waals surface area contributed by atoms with Crippen LogP contribution in [0.3, 0.4) is 0 Å². The van der Waals surface area contributed by atoms with Crippen molar-refractivity contribution in [1.29, 1.82) is 0 Å². The number of rotatable bonds is 6.